The number of H-pyrrole nitrogens is 3. The van der Waals surface area contributed by atoms with E-state index in [1.54, 1.807) is 11.0 Å². The third-order valence-corrected chi connectivity index (χ3v) is 22.5. The molecule has 5 aliphatic heterocycles. The summed E-state index contributed by atoms with van der Waals surface area (Å²) < 4.78 is 30.7. The van der Waals surface area contributed by atoms with Crippen LogP contribution in [0.25, 0.3) is 32.7 Å². The Morgan fingerprint density at radius 2 is 0.813 bits per heavy atom. The van der Waals surface area contributed by atoms with Gasteiger partial charge in [-0.25, -0.2) is 4.98 Å². The fourth-order valence-electron chi connectivity index (χ4n) is 16.0. The lowest BCUT2D eigenvalue weighted by Crippen LogP contribution is -2.41. The van der Waals surface area contributed by atoms with Gasteiger partial charge in [-0.2, -0.15) is 5.10 Å². The number of nitrogens with one attached hydrogen (secondary N) is 3. The predicted molar refractivity (Wildman–Crippen MR) is 417 cm³/mol. The van der Waals surface area contributed by atoms with Crippen molar-refractivity contribution < 1.29 is 38.1 Å². The van der Waals surface area contributed by atoms with Crippen LogP contribution in [0.4, 0.5) is 0 Å². The van der Waals surface area contributed by atoms with E-state index < -0.39 is 0 Å². The Morgan fingerprint density at radius 3 is 1.19 bits per heavy atom. The molecule has 19 nitrogen and oxygen atoms in total. The largest absolute Gasteiger partial charge is 0.494 e. The van der Waals surface area contributed by atoms with E-state index in [-0.39, 0.29) is 47.7 Å². The molecule has 4 fully saturated rings. The van der Waals surface area contributed by atoms with E-state index >= 15 is 0 Å². The first-order valence-electron chi connectivity index (χ1n) is 38.0. The second-order valence-corrected chi connectivity index (χ2v) is 30.2. The zero-order valence-corrected chi connectivity index (χ0v) is 62.4. The van der Waals surface area contributed by atoms with E-state index in [4.69, 9.17) is 58.5 Å². The van der Waals surface area contributed by atoms with Crippen molar-refractivity contribution in [3.05, 3.63) is 241 Å². The van der Waals surface area contributed by atoms with E-state index in [1.165, 1.54) is 23.0 Å². The summed E-state index contributed by atoms with van der Waals surface area (Å²) in [4.78, 5) is 65.9. The van der Waals surface area contributed by atoms with Crippen molar-refractivity contribution in [1.29, 1.82) is 0 Å². The summed E-state index contributed by atoms with van der Waals surface area (Å²) >= 11 is 19.0. The van der Waals surface area contributed by atoms with E-state index in [9.17, 15) is 14.4 Å². The minimum atomic E-state index is -0.229. The molecule has 3 amide bonds. The smallest absolute Gasteiger partial charge is 0.254 e. The molecule has 0 bridgehead atoms. The van der Waals surface area contributed by atoms with Gasteiger partial charge < -0.3 is 53.3 Å². The van der Waals surface area contributed by atoms with Crippen LogP contribution >= 0.6 is 34.8 Å². The lowest BCUT2D eigenvalue weighted by molar-refractivity contribution is -0.135. The SMILES string of the molecule is O=C(C1CC1)N1CCc2c([nH]c3ccc(Cl)cc23)C1c1ccc(OCCCN2CCOCC2)cc1.O=C(C1CC1)N1CCc2c([nH]c3ccc(Cl)cc23)C1c1ccc(OCCCn2cncn2)cc1.O=C(c1ccccc1)N1CCc2c([nH]c3ccc(Cl)cc23)C1c1ccc(OCCCN2CCOCC2)cc1. The summed E-state index contributed by atoms with van der Waals surface area (Å²) in [5.41, 5.74) is 14.1. The van der Waals surface area contributed by atoms with Gasteiger partial charge in [-0.15, -0.1) is 0 Å². The van der Waals surface area contributed by atoms with E-state index in [1.807, 2.05) is 126 Å². The Labute approximate surface area is 638 Å². The average molecular weight is 1500 g/mol. The van der Waals surface area contributed by atoms with E-state index in [0.29, 0.717) is 43.5 Å². The van der Waals surface area contributed by atoms with Crippen LogP contribution in [0.5, 0.6) is 17.2 Å². The highest BCUT2D eigenvalue weighted by molar-refractivity contribution is 6.32. The van der Waals surface area contributed by atoms with Crippen molar-refractivity contribution in [2.24, 2.45) is 11.8 Å². The molecule has 18 rings (SSSR count). The summed E-state index contributed by atoms with van der Waals surface area (Å²) in [6, 6.07) is 51.6. The van der Waals surface area contributed by atoms with Gasteiger partial charge in [-0.05, 0) is 194 Å². The average Bonchev–Trinajstić information content (AvgIpc) is 1.72. The van der Waals surface area contributed by atoms with Gasteiger partial charge >= 0.3 is 0 Å². The maximum absolute atomic E-state index is 13.7. The van der Waals surface area contributed by atoms with E-state index in [0.717, 1.165) is 237 Å². The molecule has 4 aromatic heterocycles. The van der Waals surface area contributed by atoms with Gasteiger partial charge in [-0.1, -0.05) is 89.4 Å². The van der Waals surface area contributed by atoms with Crippen LogP contribution in [-0.2, 0) is 44.9 Å². The quantitative estimate of drug-likeness (QED) is 0.0578. The molecule has 9 heterocycles. The number of hydrogen-bond acceptors (Lipinski definition) is 12. The summed E-state index contributed by atoms with van der Waals surface area (Å²) in [7, 11) is 0. The maximum Gasteiger partial charge on any atom is 0.254 e. The summed E-state index contributed by atoms with van der Waals surface area (Å²) in [5, 5.41) is 9.74. The first-order chi connectivity index (χ1) is 52.5. The highest BCUT2D eigenvalue weighted by atomic mass is 35.5. The van der Waals surface area contributed by atoms with Gasteiger partial charge in [0.15, 0.2) is 0 Å². The Kier molecular flexibility index (Phi) is 22.3. The Morgan fingerprint density at radius 1 is 0.439 bits per heavy atom. The van der Waals surface area contributed by atoms with Gasteiger partial charge in [0.1, 0.15) is 29.9 Å². The second-order valence-electron chi connectivity index (χ2n) is 28.9. The van der Waals surface area contributed by atoms with Gasteiger partial charge in [0.25, 0.3) is 5.91 Å². The third kappa shape index (κ3) is 16.6. The van der Waals surface area contributed by atoms with Crippen LogP contribution in [0.1, 0.15) is 124 Å². The predicted octanol–water partition coefficient (Wildman–Crippen LogP) is 15.3. The first kappa shape index (κ1) is 72.0. The van der Waals surface area contributed by atoms with Crippen LogP contribution in [0.2, 0.25) is 15.1 Å². The van der Waals surface area contributed by atoms with Crippen LogP contribution in [0, 0.1) is 11.8 Å². The van der Waals surface area contributed by atoms with Crippen LogP contribution < -0.4 is 14.2 Å². The van der Waals surface area contributed by atoms with Gasteiger partial charge in [0, 0.05) is 154 Å². The van der Waals surface area contributed by atoms with E-state index in [2.05, 4.69) is 81.0 Å². The van der Waals surface area contributed by atoms with Crippen molar-refractivity contribution in [3.63, 3.8) is 0 Å². The number of morpholine rings is 2. The number of aryl methyl sites for hydroxylation is 1. The number of halogens is 3. The lowest BCUT2D eigenvalue weighted by atomic mass is 9.91. The van der Waals surface area contributed by atoms with Crippen molar-refractivity contribution in [1.82, 2.24) is 54.2 Å². The Bertz CT molecular complexity index is 4880. The van der Waals surface area contributed by atoms with Crippen LogP contribution in [-0.4, -0.2) is 177 Å². The number of nitrogens with zero attached hydrogens (tertiary/aromatic N) is 8. The molecular formula is C85H90Cl3N11O8. The Hall–Kier alpha value is -9.18. The molecule has 2 aliphatic carbocycles. The van der Waals surface area contributed by atoms with Crippen LogP contribution in [0.3, 0.4) is 0 Å². The monoisotopic (exact) mass is 1500 g/mol. The molecular weight excluding hydrogens is 1410 g/mol. The fraction of sp³-hybridized carbons (Fsp3) is 0.376. The highest BCUT2D eigenvalue weighted by Crippen LogP contribution is 2.46. The minimum absolute atomic E-state index is 0.0291. The topological polar surface area (TPSA) is 192 Å². The van der Waals surface area contributed by atoms with Crippen LogP contribution in [0.15, 0.2) is 170 Å². The number of aromatic nitrogens is 6. The maximum atomic E-state index is 13.7. The molecule has 7 aliphatic rings. The molecule has 2 saturated carbocycles. The molecule has 2 saturated heterocycles. The van der Waals surface area contributed by atoms with Gasteiger partial charge in [0.2, 0.25) is 11.8 Å². The number of amides is 3. The summed E-state index contributed by atoms with van der Waals surface area (Å²) in [5.74, 6) is 3.47. The summed E-state index contributed by atoms with van der Waals surface area (Å²) in [6.07, 6.45) is 12.5. The normalized spacial score (nSPS) is 18.8. The zero-order chi connectivity index (χ0) is 72.7. The molecule has 107 heavy (non-hydrogen) atoms. The number of carbonyl (C=O) groups is 3. The number of carbonyl (C=O) groups excluding carboxylic acids is 3. The first-order valence-corrected chi connectivity index (χ1v) is 39.1. The zero-order valence-electron chi connectivity index (χ0n) is 60.1. The minimum Gasteiger partial charge on any atom is -0.494 e. The molecule has 0 spiro atoms. The fourth-order valence-corrected chi connectivity index (χ4v) is 16.5. The third-order valence-electron chi connectivity index (χ3n) is 21.8. The molecule has 3 unspecified atom stereocenters. The van der Waals surface area contributed by atoms with Crippen molar-refractivity contribution in [2.75, 3.05) is 105 Å². The molecule has 7 aromatic carbocycles. The number of ether oxygens (including phenoxy) is 5. The van der Waals surface area contributed by atoms with Gasteiger partial charge in [0.05, 0.1) is 64.4 Å². The van der Waals surface area contributed by atoms with Crippen molar-refractivity contribution >= 4 is 85.2 Å². The lowest BCUT2D eigenvalue weighted by Gasteiger charge is -2.36. The molecule has 3 atom stereocenters. The molecule has 0 radical (unpaired) electrons. The molecule has 554 valence electrons. The molecule has 11 aromatic rings. The number of rotatable bonds is 21. The Balaban J connectivity index is 0.000000123. The number of benzene rings is 7. The summed E-state index contributed by atoms with van der Waals surface area (Å²) in [6.45, 7) is 14.2. The number of aromatic amines is 3. The second kappa shape index (κ2) is 33.1. The number of hydrogen-bond donors (Lipinski definition) is 3. The molecule has 3 N–H and O–H groups in total. The highest BCUT2D eigenvalue weighted by Gasteiger charge is 2.43. The van der Waals surface area contributed by atoms with Crippen molar-refractivity contribution in [2.45, 2.75) is 88.9 Å². The molecule has 22 heteroatoms. The number of fused-ring (bicyclic) bond motifs is 9. The standard InChI is InChI=1S/C31H32ClN3O3.C28H32ClN3O3.C26H26ClN5O2/c32-24-9-12-28-27(21-24)26-13-15-35(31(36)23-5-2-1-3-6-23)30(29(26)33-28)22-7-10-25(11-8-22)38-18-4-14-34-16-19-37-20-17-34;29-21-6-9-25-24(18-21)23-10-12-32(28(33)20-2-3-20)27(26(23)30-25)19-4-7-22(8-5-19)35-15-1-11-31-13-16-34-17-14-31;27-19-6-9-23-22(14-19)21-10-12-32(26(33)18-2-3-18)25(24(21)30-23)17-4-7-20(8-5-17)34-13-1-11-31-16-28-15-29-31/h1-3,5-12,21,30,33H,4,13-20H2;4-9,18,20,27,30H,1-3,10-17H2;4-9,14-16,18,25,30H,1-3,10-13H2. The van der Waals surface area contributed by atoms with Crippen molar-refractivity contribution in [3.8, 4) is 17.2 Å². The van der Waals surface area contributed by atoms with Gasteiger partial charge in [-0.3, -0.25) is 28.9 Å².